The smallest absolute Gasteiger partial charge is 0.343 e. The van der Waals surface area contributed by atoms with Crippen LogP contribution in [-0.4, -0.2) is 18.1 Å². The lowest BCUT2D eigenvalue weighted by Crippen LogP contribution is -2.18. The van der Waals surface area contributed by atoms with Gasteiger partial charge in [0, 0.05) is 10.6 Å². The molecule has 31 heavy (non-hydrogen) atoms. The molecule has 0 aromatic heterocycles. The molecular formula is C25H23ClN2O3. The molecule has 0 aliphatic carbocycles. The van der Waals surface area contributed by atoms with E-state index in [2.05, 4.69) is 31.3 Å². The van der Waals surface area contributed by atoms with Gasteiger partial charge in [0.2, 0.25) is 0 Å². The van der Waals surface area contributed by atoms with Crippen molar-refractivity contribution in [1.82, 2.24) is 5.43 Å². The number of rotatable bonds is 5. The number of nitrogens with zero attached hydrogens (tertiary/aromatic N) is 1. The number of ether oxygens (including phenoxy) is 1. The van der Waals surface area contributed by atoms with Crippen molar-refractivity contribution in [3.63, 3.8) is 0 Å². The lowest BCUT2D eigenvalue weighted by molar-refractivity contribution is 0.0734. The van der Waals surface area contributed by atoms with Crippen LogP contribution in [-0.2, 0) is 5.41 Å². The van der Waals surface area contributed by atoms with Gasteiger partial charge in [-0.1, -0.05) is 50.6 Å². The second kappa shape index (κ2) is 9.58. The molecule has 6 heteroatoms. The topological polar surface area (TPSA) is 67.8 Å². The highest BCUT2D eigenvalue weighted by molar-refractivity contribution is 6.30. The van der Waals surface area contributed by atoms with E-state index < -0.39 is 5.97 Å². The molecule has 0 heterocycles. The van der Waals surface area contributed by atoms with Crippen LogP contribution in [0.5, 0.6) is 5.75 Å². The van der Waals surface area contributed by atoms with Crippen LogP contribution in [0.15, 0.2) is 77.9 Å². The fourth-order valence-corrected chi connectivity index (χ4v) is 2.95. The van der Waals surface area contributed by atoms with Crippen molar-refractivity contribution < 1.29 is 14.3 Å². The molecule has 5 nitrogen and oxygen atoms in total. The van der Waals surface area contributed by atoms with Gasteiger partial charge < -0.3 is 4.74 Å². The zero-order valence-corrected chi connectivity index (χ0v) is 18.3. The highest BCUT2D eigenvalue weighted by atomic mass is 35.5. The van der Waals surface area contributed by atoms with Crippen molar-refractivity contribution >= 4 is 29.7 Å². The van der Waals surface area contributed by atoms with Gasteiger partial charge >= 0.3 is 5.97 Å². The Morgan fingerprint density at radius 1 is 0.935 bits per heavy atom. The van der Waals surface area contributed by atoms with Crippen molar-refractivity contribution in [2.75, 3.05) is 0 Å². The van der Waals surface area contributed by atoms with E-state index in [4.69, 9.17) is 16.3 Å². The maximum absolute atomic E-state index is 12.2. The van der Waals surface area contributed by atoms with Gasteiger partial charge in [-0.2, -0.15) is 5.10 Å². The van der Waals surface area contributed by atoms with Crippen LogP contribution in [0, 0.1) is 0 Å². The normalized spacial score (nSPS) is 11.4. The van der Waals surface area contributed by atoms with E-state index in [-0.39, 0.29) is 11.3 Å². The highest BCUT2D eigenvalue weighted by Gasteiger charge is 2.14. The minimum absolute atomic E-state index is 0.0296. The number of carbonyl (C=O) groups excluding carboxylic acids is 2. The van der Waals surface area contributed by atoms with E-state index >= 15 is 0 Å². The van der Waals surface area contributed by atoms with Crippen LogP contribution in [0.1, 0.15) is 52.6 Å². The number of hydrogen-bond donors (Lipinski definition) is 1. The van der Waals surface area contributed by atoms with E-state index in [1.54, 1.807) is 60.7 Å². The third-order valence-corrected chi connectivity index (χ3v) is 4.78. The second-order valence-corrected chi connectivity index (χ2v) is 8.43. The quantitative estimate of drug-likeness (QED) is 0.245. The molecule has 0 radical (unpaired) electrons. The summed E-state index contributed by atoms with van der Waals surface area (Å²) in [5.74, 6) is -0.387. The van der Waals surface area contributed by atoms with Gasteiger partial charge in [0.15, 0.2) is 0 Å². The van der Waals surface area contributed by atoms with E-state index in [9.17, 15) is 9.59 Å². The van der Waals surface area contributed by atoms with E-state index in [1.165, 1.54) is 6.21 Å². The molecule has 158 valence electrons. The van der Waals surface area contributed by atoms with Gasteiger partial charge in [0.1, 0.15) is 5.75 Å². The maximum atomic E-state index is 12.2. The van der Waals surface area contributed by atoms with Gasteiger partial charge in [-0.25, -0.2) is 10.2 Å². The third kappa shape index (κ3) is 6.27. The molecule has 0 spiro atoms. The molecule has 1 N–H and O–H groups in total. The molecule has 3 aromatic carbocycles. The highest BCUT2D eigenvalue weighted by Crippen LogP contribution is 2.22. The molecule has 1 amide bonds. The van der Waals surface area contributed by atoms with Crippen molar-refractivity contribution in [3.8, 4) is 5.75 Å². The van der Waals surface area contributed by atoms with Crippen LogP contribution >= 0.6 is 11.6 Å². The second-order valence-electron chi connectivity index (χ2n) is 8.00. The van der Waals surface area contributed by atoms with Crippen molar-refractivity contribution in [2.45, 2.75) is 26.2 Å². The summed E-state index contributed by atoms with van der Waals surface area (Å²) in [5.41, 5.74) is 5.35. The van der Waals surface area contributed by atoms with Crippen LogP contribution in [0.3, 0.4) is 0 Å². The van der Waals surface area contributed by atoms with Crippen LogP contribution in [0.25, 0.3) is 0 Å². The summed E-state index contributed by atoms with van der Waals surface area (Å²) in [6, 6.07) is 20.8. The van der Waals surface area contributed by atoms with Gasteiger partial charge in [-0.3, -0.25) is 4.79 Å². The first-order chi connectivity index (χ1) is 14.7. The molecular weight excluding hydrogens is 412 g/mol. The summed E-state index contributed by atoms with van der Waals surface area (Å²) in [4.78, 5) is 24.4. The summed E-state index contributed by atoms with van der Waals surface area (Å²) in [7, 11) is 0. The minimum Gasteiger partial charge on any atom is -0.423 e. The fraction of sp³-hybridized carbons (Fsp3) is 0.160. The molecule has 0 fully saturated rings. The Morgan fingerprint density at radius 3 is 2.23 bits per heavy atom. The zero-order chi connectivity index (χ0) is 22.4. The monoisotopic (exact) mass is 434 g/mol. The Hall–Kier alpha value is -3.44. The summed E-state index contributed by atoms with van der Waals surface area (Å²) in [5, 5.41) is 4.46. The Kier molecular flexibility index (Phi) is 6.88. The SMILES string of the molecule is CC(C)(C)c1ccc(C(=O)N/N=C/c2ccc(OC(=O)c3cccc(Cl)c3)cc2)cc1. The molecule has 0 aliphatic rings. The van der Waals surface area contributed by atoms with Crippen molar-refractivity contribution in [3.05, 3.63) is 100 Å². The fourth-order valence-electron chi connectivity index (χ4n) is 2.75. The molecule has 3 aromatic rings. The van der Waals surface area contributed by atoms with Gasteiger partial charge in [0.25, 0.3) is 5.91 Å². The van der Waals surface area contributed by atoms with E-state index in [1.807, 2.05) is 12.1 Å². The lowest BCUT2D eigenvalue weighted by atomic mass is 9.87. The van der Waals surface area contributed by atoms with Crippen molar-refractivity contribution in [1.29, 1.82) is 0 Å². The lowest BCUT2D eigenvalue weighted by Gasteiger charge is -2.18. The molecule has 0 unspecified atom stereocenters. The average Bonchev–Trinajstić information content (AvgIpc) is 2.74. The Morgan fingerprint density at radius 2 is 1.61 bits per heavy atom. The Balaban J connectivity index is 1.55. The number of carbonyl (C=O) groups is 2. The number of halogens is 1. The number of hydrazone groups is 1. The number of hydrogen-bond acceptors (Lipinski definition) is 4. The Bertz CT molecular complexity index is 1100. The first-order valence-corrected chi connectivity index (χ1v) is 10.1. The van der Waals surface area contributed by atoms with Crippen LogP contribution in [0.4, 0.5) is 0 Å². The predicted octanol–water partition coefficient (Wildman–Crippen LogP) is 5.62. The summed E-state index contributed by atoms with van der Waals surface area (Å²) in [6.07, 6.45) is 1.52. The third-order valence-electron chi connectivity index (χ3n) is 4.54. The number of benzene rings is 3. The maximum Gasteiger partial charge on any atom is 0.343 e. The first-order valence-electron chi connectivity index (χ1n) is 9.74. The largest absolute Gasteiger partial charge is 0.423 e. The number of esters is 1. The number of nitrogens with one attached hydrogen (secondary N) is 1. The van der Waals surface area contributed by atoms with Crippen LogP contribution in [0.2, 0.25) is 5.02 Å². The molecule has 0 aliphatic heterocycles. The number of amides is 1. The standard InChI is InChI=1S/C25H23ClN2O3/c1-25(2,3)20-11-9-18(10-12-20)23(29)28-27-16-17-7-13-22(14-8-17)31-24(30)19-5-4-6-21(26)15-19/h4-16H,1-3H3,(H,28,29)/b27-16+. The molecule has 0 atom stereocenters. The summed E-state index contributed by atoms with van der Waals surface area (Å²) in [6.45, 7) is 6.36. The average molecular weight is 435 g/mol. The van der Waals surface area contributed by atoms with Gasteiger partial charge in [-0.05, 0) is 71.1 Å². The van der Waals surface area contributed by atoms with Crippen molar-refractivity contribution in [2.24, 2.45) is 5.10 Å². The Labute approximate surface area is 186 Å². The van der Waals surface area contributed by atoms with Crippen LogP contribution < -0.4 is 10.2 Å². The first kappa shape index (κ1) is 22.2. The molecule has 0 bridgehead atoms. The zero-order valence-electron chi connectivity index (χ0n) is 17.6. The summed E-state index contributed by atoms with van der Waals surface area (Å²) < 4.78 is 5.33. The van der Waals surface area contributed by atoms with E-state index in [0.717, 1.165) is 11.1 Å². The molecule has 0 saturated heterocycles. The van der Waals surface area contributed by atoms with Gasteiger partial charge in [0.05, 0.1) is 11.8 Å². The van der Waals surface area contributed by atoms with E-state index in [0.29, 0.717) is 21.9 Å². The molecule has 3 rings (SSSR count). The predicted molar refractivity (Wildman–Crippen MR) is 123 cm³/mol. The minimum atomic E-state index is -0.492. The van der Waals surface area contributed by atoms with Gasteiger partial charge in [-0.15, -0.1) is 0 Å². The molecule has 0 saturated carbocycles. The summed E-state index contributed by atoms with van der Waals surface area (Å²) >= 11 is 5.90.